The minimum Gasteiger partial charge on any atom is -0.356 e. The van der Waals surface area contributed by atoms with E-state index in [1.807, 2.05) is 36.4 Å². The number of aromatic nitrogens is 3. The van der Waals surface area contributed by atoms with Crippen LogP contribution in [0.1, 0.15) is 18.1 Å². The molecule has 0 aromatic carbocycles. The number of aryl methyl sites for hydroxylation is 1. The summed E-state index contributed by atoms with van der Waals surface area (Å²) in [5.41, 5.74) is 0. The minimum atomic E-state index is 0.506. The van der Waals surface area contributed by atoms with Crippen molar-refractivity contribution in [1.82, 2.24) is 25.4 Å². The predicted octanol–water partition coefficient (Wildman–Crippen LogP) is 1.10. The van der Waals surface area contributed by atoms with E-state index < -0.39 is 0 Å². The van der Waals surface area contributed by atoms with Crippen LogP contribution in [0.15, 0.2) is 17.6 Å². The van der Waals surface area contributed by atoms with Crippen LogP contribution >= 0.6 is 11.8 Å². The Balaban J connectivity index is 2.54. The molecule has 2 N–H and O–H groups in total. The third kappa shape index (κ3) is 5.64. The Morgan fingerprint density at radius 1 is 1.45 bits per heavy atom. The van der Waals surface area contributed by atoms with E-state index in [9.17, 15) is 0 Å². The molecule has 0 fully saturated rings. The third-order valence-electron chi connectivity index (χ3n) is 2.79. The Morgan fingerprint density at radius 3 is 2.85 bits per heavy atom. The third-order valence-corrected chi connectivity index (χ3v) is 3.49. The van der Waals surface area contributed by atoms with Gasteiger partial charge in [-0.05, 0) is 25.4 Å². The molecule has 0 saturated carbocycles. The largest absolute Gasteiger partial charge is 0.356 e. The van der Waals surface area contributed by atoms with Gasteiger partial charge < -0.3 is 15.2 Å². The lowest BCUT2D eigenvalue weighted by atomic mass is 10.5. The normalized spacial score (nSPS) is 11.4. The first-order valence-corrected chi connectivity index (χ1v) is 8.05. The highest BCUT2D eigenvalue weighted by Crippen LogP contribution is 1.99. The lowest BCUT2D eigenvalue weighted by molar-refractivity contribution is 0.755. The van der Waals surface area contributed by atoms with Crippen molar-refractivity contribution in [3.63, 3.8) is 0 Å². The molecule has 0 aliphatic carbocycles. The zero-order chi connectivity index (χ0) is 14.8. The number of rotatable bonds is 8. The molecule has 1 rings (SSSR count). The van der Waals surface area contributed by atoms with Crippen LogP contribution in [0.3, 0.4) is 0 Å². The monoisotopic (exact) mass is 296 g/mol. The van der Waals surface area contributed by atoms with Crippen LogP contribution in [0.2, 0.25) is 0 Å². The van der Waals surface area contributed by atoms with Crippen LogP contribution in [-0.4, -0.2) is 45.8 Å². The van der Waals surface area contributed by atoms with E-state index in [0.29, 0.717) is 13.1 Å². The number of thioether (sulfide) groups is 1. The first kappa shape index (κ1) is 16.6. The molecule has 7 heteroatoms. The molecule has 112 valence electrons. The summed E-state index contributed by atoms with van der Waals surface area (Å²) < 4.78 is 1.95. The molecule has 0 unspecified atom stereocenters. The van der Waals surface area contributed by atoms with Crippen molar-refractivity contribution in [3.05, 3.63) is 24.3 Å². The highest BCUT2D eigenvalue weighted by atomic mass is 32.2. The van der Waals surface area contributed by atoms with Gasteiger partial charge in [0.2, 0.25) is 0 Å². The summed E-state index contributed by atoms with van der Waals surface area (Å²) in [5, 5.41) is 14.6. The van der Waals surface area contributed by atoms with Crippen LogP contribution in [-0.2, 0) is 13.6 Å². The van der Waals surface area contributed by atoms with Crippen molar-refractivity contribution in [2.24, 2.45) is 12.0 Å². The Labute approximate surface area is 125 Å². The van der Waals surface area contributed by atoms with Crippen molar-refractivity contribution < 1.29 is 0 Å². The average molecular weight is 296 g/mol. The second-order valence-electron chi connectivity index (χ2n) is 4.33. The molecular formula is C13H24N6S. The summed E-state index contributed by atoms with van der Waals surface area (Å²) in [6.07, 6.45) is 5.03. The van der Waals surface area contributed by atoms with E-state index in [1.54, 1.807) is 0 Å². The first-order valence-electron chi connectivity index (χ1n) is 6.66. The SMILES string of the molecule is C=CCNC(=NCc1nnc(C)n1C)NCCCSC. The fourth-order valence-corrected chi connectivity index (χ4v) is 1.94. The van der Waals surface area contributed by atoms with Crippen LogP contribution in [0.5, 0.6) is 0 Å². The molecule has 0 amide bonds. The summed E-state index contributed by atoms with van der Waals surface area (Å²) in [7, 11) is 1.95. The lowest BCUT2D eigenvalue weighted by Crippen LogP contribution is -2.38. The molecule has 0 saturated heterocycles. The molecule has 6 nitrogen and oxygen atoms in total. The van der Waals surface area contributed by atoms with Crippen molar-refractivity contribution >= 4 is 17.7 Å². The van der Waals surface area contributed by atoms with E-state index in [1.165, 1.54) is 0 Å². The number of aliphatic imine (C=N–C) groups is 1. The summed E-state index contributed by atoms with van der Waals surface area (Å²) in [4.78, 5) is 4.52. The van der Waals surface area contributed by atoms with Crippen LogP contribution in [0.25, 0.3) is 0 Å². The van der Waals surface area contributed by atoms with Gasteiger partial charge in [-0.25, -0.2) is 4.99 Å². The fraction of sp³-hybridized carbons (Fsp3) is 0.615. The standard InChI is InChI=1S/C13H24N6S/c1-5-7-14-13(15-8-6-9-20-4)16-10-12-18-17-11(2)19(12)3/h5H,1,6-10H2,2-4H3,(H2,14,15,16). The number of nitrogens with one attached hydrogen (secondary N) is 2. The summed E-state index contributed by atoms with van der Waals surface area (Å²) in [6, 6.07) is 0. The summed E-state index contributed by atoms with van der Waals surface area (Å²) >= 11 is 1.85. The van der Waals surface area contributed by atoms with Gasteiger partial charge in [0, 0.05) is 20.1 Å². The molecule has 0 atom stereocenters. The average Bonchev–Trinajstić information content (AvgIpc) is 2.77. The van der Waals surface area contributed by atoms with Gasteiger partial charge in [0.25, 0.3) is 0 Å². The lowest BCUT2D eigenvalue weighted by Gasteiger charge is -2.11. The van der Waals surface area contributed by atoms with Gasteiger partial charge in [-0.2, -0.15) is 11.8 Å². The molecule has 1 heterocycles. The molecule has 0 aliphatic rings. The molecule has 0 bridgehead atoms. The molecule has 0 spiro atoms. The number of hydrogen-bond donors (Lipinski definition) is 2. The Bertz CT molecular complexity index is 440. The second-order valence-corrected chi connectivity index (χ2v) is 5.32. The van der Waals surface area contributed by atoms with E-state index in [0.717, 1.165) is 36.3 Å². The maximum absolute atomic E-state index is 4.52. The van der Waals surface area contributed by atoms with Gasteiger partial charge in [0.05, 0.1) is 0 Å². The number of hydrogen-bond acceptors (Lipinski definition) is 4. The van der Waals surface area contributed by atoms with Gasteiger partial charge in [-0.15, -0.1) is 16.8 Å². The van der Waals surface area contributed by atoms with Crippen molar-refractivity contribution in [2.45, 2.75) is 19.9 Å². The van der Waals surface area contributed by atoms with Crippen LogP contribution < -0.4 is 10.6 Å². The molecule has 20 heavy (non-hydrogen) atoms. The molecule has 1 aromatic heterocycles. The summed E-state index contributed by atoms with van der Waals surface area (Å²) in [6.45, 7) is 7.73. The van der Waals surface area contributed by atoms with E-state index in [-0.39, 0.29) is 0 Å². The maximum Gasteiger partial charge on any atom is 0.191 e. The van der Waals surface area contributed by atoms with E-state index >= 15 is 0 Å². The maximum atomic E-state index is 4.52. The number of nitrogens with zero attached hydrogens (tertiary/aromatic N) is 4. The van der Waals surface area contributed by atoms with Crippen molar-refractivity contribution in [2.75, 3.05) is 25.1 Å². The van der Waals surface area contributed by atoms with Gasteiger partial charge in [0.1, 0.15) is 12.4 Å². The Hall–Kier alpha value is -1.50. The predicted molar refractivity (Wildman–Crippen MR) is 86.1 cm³/mol. The molecular weight excluding hydrogens is 272 g/mol. The highest BCUT2D eigenvalue weighted by molar-refractivity contribution is 7.98. The van der Waals surface area contributed by atoms with Crippen LogP contribution in [0, 0.1) is 6.92 Å². The zero-order valence-electron chi connectivity index (χ0n) is 12.5. The fourth-order valence-electron chi connectivity index (χ4n) is 1.50. The quantitative estimate of drug-likeness (QED) is 0.325. The van der Waals surface area contributed by atoms with E-state index in [4.69, 9.17) is 0 Å². The first-order chi connectivity index (χ1) is 9.69. The zero-order valence-corrected chi connectivity index (χ0v) is 13.3. The molecule has 1 aromatic rings. The number of guanidine groups is 1. The second kappa shape index (κ2) is 9.41. The van der Waals surface area contributed by atoms with Gasteiger partial charge >= 0.3 is 0 Å². The highest BCUT2D eigenvalue weighted by Gasteiger charge is 2.04. The van der Waals surface area contributed by atoms with Gasteiger partial charge in [0.15, 0.2) is 11.8 Å². The smallest absolute Gasteiger partial charge is 0.191 e. The van der Waals surface area contributed by atoms with Gasteiger partial charge in [-0.1, -0.05) is 6.08 Å². The Kier molecular flexibility index (Phi) is 7.79. The van der Waals surface area contributed by atoms with Gasteiger partial charge in [-0.3, -0.25) is 0 Å². The van der Waals surface area contributed by atoms with Crippen molar-refractivity contribution in [3.8, 4) is 0 Å². The van der Waals surface area contributed by atoms with Crippen molar-refractivity contribution in [1.29, 1.82) is 0 Å². The summed E-state index contributed by atoms with van der Waals surface area (Å²) in [5.74, 6) is 3.67. The molecule has 0 aliphatic heterocycles. The molecule has 0 radical (unpaired) electrons. The minimum absolute atomic E-state index is 0.506. The van der Waals surface area contributed by atoms with Crippen LogP contribution in [0.4, 0.5) is 0 Å². The Morgan fingerprint density at radius 2 is 2.25 bits per heavy atom. The van der Waals surface area contributed by atoms with E-state index in [2.05, 4.69) is 38.7 Å². The topological polar surface area (TPSA) is 67.1 Å².